The monoisotopic (exact) mass is 240 g/mol. The van der Waals surface area contributed by atoms with Crippen LogP contribution >= 0.6 is 0 Å². The van der Waals surface area contributed by atoms with Crippen molar-refractivity contribution in [3.63, 3.8) is 0 Å². The van der Waals surface area contributed by atoms with E-state index in [2.05, 4.69) is 13.8 Å². The summed E-state index contributed by atoms with van der Waals surface area (Å²) in [6, 6.07) is 14.2. The molecule has 0 fully saturated rings. The zero-order chi connectivity index (χ0) is 13.1. The van der Waals surface area contributed by atoms with E-state index in [1.54, 1.807) is 24.3 Å². The number of benzene rings is 2. The summed E-state index contributed by atoms with van der Waals surface area (Å²) in [6.07, 6.45) is 0. The number of carbonyl (C=O) groups excluding carboxylic acids is 1. The largest absolute Gasteiger partial charge is 0.507 e. The van der Waals surface area contributed by atoms with E-state index in [0.717, 1.165) is 5.56 Å². The number of hydrogen-bond acceptors (Lipinski definition) is 2. The van der Waals surface area contributed by atoms with Crippen LogP contribution in [0.2, 0.25) is 0 Å². The molecule has 0 unspecified atom stereocenters. The number of carbonyl (C=O) groups is 1. The van der Waals surface area contributed by atoms with Crippen molar-refractivity contribution in [3.8, 4) is 5.75 Å². The number of phenols is 1. The summed E-state index contributed by atoms with van der Waals surface area (Å²) in [5.41, 5.74) is 2.01. The van der Waals surface area contributed by atoms with Gasteiger partial charge in [0.2, 0.25) is 0 Å². The maximum absolute atomic E-state index is 12.3. The van der Waals surface area contributed by atoms with Gasteiger partial charge < -0.3 is 5.11 Å². The highest BCUT2D eigenvalue weighted by Crippen LogP contribution is 2.25. The SMILES string of the molecule is CC(C)c1ccc(O)c(C(=O)c2ccccc2)c1. The van der Waals surface area contributed by atoms with Crippen molar-refractivity contribution in [2.24, 2.45) is 0 Å². The smallest absolute Gasteiger partial charge is 0.196 e. The van der Waals surface area contributed by atoms with Crippen LogP contribution in [-0.2, 0) is 0 Å². The fourth-order valence-electron chi connectivity index (χ4n) is 1.84. The van der Waals surface area contributed by atoms with Gasteiger partial charge in [0.05, 0.1) is 5.56 Å². The topological polar surface area (TPSA) is 37.3 Å². The molecule has 0 bridgehead atoms. The van der Waals surface area contributed by atoms with E-state index in [1.165, 1.54) is 0 Å². The first kappa shape index (κ1) is 12.4. The minimum atomic E-state index is -0.143. The van der Waals surface area contributed by atoms with Crippen LogP contribution in [0.5, 0.6) is 5.75 Å². The highest BCUT2D eigenvalue weighted by atomic mass is 16.3. The van der Waals surface area contributed by atoms with Gasteiger partial charge in [-0.2, -0.15) is 0 Å². The Hall–Kier alpha value is -2.09. The number of aromatic hydroxyl groups is 1. The first-order valence-corrected chi connectivity index (χ1v) is 6.02. The summed E-state index contributed by atoms with van der Waals surface area (Å²) in [6.45, 7) is 4.12. The summed E-state index contributed by atoms with van der Waals surface area (Å²) >= 11 is 0. The lowest BCUT2D eigenvalue weighted by molar-refractivity contribution is 0.103. The van der Waals surface area contributed by atoms with Crippen LogP contribution in [0.3, 0.4) is 0 Å². The molecule has 2 rings (SSSR count). The molecule has 2 aromatic rings. The lowest BCUT2D eigenvalue weighted by Crippen LogP contribution is -2.02. The Morgan fingerprint density at radius 2 is 1.72 bits per heavy atom. The Kier molecular flexibility index (Phi) is 3.47. The summed E-state index contributed by atoms with van der Waals surface area (Å²) < 4.78 is 0. The average Bonchev–Trinajstić information content (AvgIpc) is 2.39. The third kappa shape index (κ3) is 2.43. The van der Waals surface area contributed by atoms with E-state index in [-0.39, 0.29) is 11.5 Å². The molecular weight excluding hydrogens is 224 g/mol. The second kappa shape index (κ2) is 5.05. The van der Waals surface area contributed by atoms with Crippen LogP contribution in [0.15, 0.2) is 48.5 Å². The molecule has 0 radical (unpaired) electrons. The Bertz CT molecular complexity index is 557. The highest BCUT2D eigenvalue weighted by Gasteiger charge is 2.14. The minimum Gasteiger partial charge on any atom is -0.507 e. The van der Waals surface area contributed by atoms with Crippen molar-refractivity contribution in [2.45, 2.75) is 19.8 Å². The predicted molar refractivity (Wildman–Crippen MR) is 72.1 cm³/mol. The molecule has 0 atom stereocenters. The maximum atomic E-state index is 12.3. The van der Waals surface area contributed by atoms with Gasteiger partial charge in [0.15, 0.2) is 5.78 Å². The molecule has 0 heterocycles. The van der Waals surface area contributed by atoms with E-state index in [4.69, 9.17) is 0 Å². The quantitative estimate of drug-likeness (QED) is 0.830. The molecule has 2 aromatic carbocycles. The van der Waals surface area contributed by atoms with Crippen LogP contribution in [0.1, 0.15) is 41.3 Å². The van der Waals surface area contributed by atoms with E-state index >= 15 is 0 Å². The number of phenolic OH excluding ortho intramolecular Hbond substituents is 1. The summed E-state index contributed by atoms with van der Waals surface area (Å²) in [4.78, 5) is 12.3. The molecule has 2 heteroatoms. The fourth-order valence-corrected chi connectivity index (χ4v) is 1.84. The standard InChI is InChI=1S/C16H16O2/c1-11(2)13-8-9-15(17)14(10-13)16(18)12-6-4-3-5-7-12/h3-11,17H,1-2H3. The summed E-state index contributed by atoms with van der Waals surface area (Å²) in [7, 11) is 0. The second-order valence-corrected chi connectivity index (χ2v) is 4.63. The van der Waals surface area contributed by atoms with Gasteiger partial charge in [-0.25, -0.2) is 0 Å². The molecule has 0 saturated carbocycles. The number of hydrogen-bond donors (Lipinski definition) is 1. The van der Waals surface area contributed by atoms with Gasteiger partial charge >= 0.3 is 0 Å². The van der Waals surface area contributed by atoms with Crippen molar-refractivity contribution < 1.29 is 9.90 Å². The molecule has 0 aliphatic carbocycles. The first-order chi connectivity index (χ1) is 8.59. The maximum Gasteiger partial charge on any atom is 0.196 e. The minimum absolute atomic E-state index is 0.0354. The molecular formula is C16H16O2. The average molecular weight is 240 g/mol. The molecule has 2 nitrogen and oxygen atoms in total. The fraction of sp³-hybridized carbons (Fsp3) is 0.188. The van der Waals surface area contributed by atoms with Gasteiger partial charge in [0, 0.05) is 5.56 Å². The third-order valence-electron chi connectivity index (χ3n) is 2.97. The van der Waals surface area contributed by atoms with E-state index in [9.17, 15) is 9.90 Å². The van der Waals surface area contributed by atoms with Gasteiger partial charge in [-0.05, 0) is 23.6 Å². The van der Waals surface area contributed by atoms with E-state index < -0.39 is 0 Å². The molecule has 0 aromatic heterocycles. The molecule has 0 saturated heterocycles. The second-order valence-electron chi connectivity index (χ2n) is 4.63. The van der Waals surface area contributed by atoms with Crippen molar-refractivity contribution in [1.29, 1.82) is 0 Å². The van der Waals surface area contributed by atoms with Gasteiger partial charge in [0.1, 0.15) is 5.75 Å². The van der Waals surface area contributed by atoms with Crippen molar-refractivity contribution >= 4 is 5.78 Å². The lowest BCUT2D eigenvalue weighted by Gasteiger charge is -2.09. The van der Waals surface area contributed by atoms with Crippen LogP contribution < -0.4 is 0 Å². The van der Waals surface area contributed by atoms with Crippen LogP contribution in [0.25, 0.3) is 0 Å². The first-order valence-electron chi connectivity index (χ1n) is 6.02. The lowest BCUT2D eigenvalue weighted by atomic mass is 9.96. The van der Waals surface area contributed by atoms with Crippen molar-refractivity contribution in [3.05, 3.63) is 65.2 Å². The predicted octanol–water partition coefficient (Wildman–Crippen LogP) is 3.75. The number of ketones is 1. The Labute approximate surface area is 107 Å². The van der Waals surface area contributed by atoms with E-state index in [0.29, 0.717) is 17.0 Å². The molecule has 1 N–H and O–H groups in total. The number of rotatable bonds is 3. The molecule has 0 aliphatic rings. The normalized spacial score (nSPS) is 10.6. The molecule has 0 amide bonds. The van der Waals surface area contributed by atoms with Gasteiger partial charge in [-0.1, -0.05) is 50.2 Å². The van der Waals surface area contributed by atoms with Gasteiger partial charge in [-0.15, -0.1) is 0 Å². The summed E-state index contributed by atoms with van der Waals surface area (Å²) in [5.74, 6) is 0.219. The van der Waals surface area contributed by atoms with Crippen LogP contribution in [-0.4, -0.2) is 10.9 Å². The third-order valence-corrected chi connectivity index (χ3v) is 2.97. The molecule has 0 spiro atoms. The highest BCUT2D eigenvalue weighted by molar-refractivity contribution is 6.10. The summed E-state index contributed by atoms with van der Waals surface area (Å²) in [5, 5.41) is 9.83. The Balaban J connectivity index is 2.45. The van der Waals surface area contributed by atoms with Gasteiger partial charge in [-0.3, -0.25) is 4.79 Å². The van der Waals surface area contributed by atoms with Crippen LogP contribution in [0, 0.1) is 0 Å². The zero-order valence-corrected chi connectivity index (χ0v) is 10.6. The van der Waals surface area contributed by atoms with Crippen molar-refractivity contribution in [2.75, 3.05) is 0 Å². The molecule has 18 heavy (non-hydrogen) atoms. The van der Waals surface area contributed by atoms with Crippen molar-refractivity contribution in [1.82, 2.24) is 0 Å². The van der Waals surface area contributed by atoms with Gasteiger partial charge in [0.25, 0.3) is 0 Å². The van der Waals surface area contributed by atoms with Crippen LogP contribution in [0.4, 0.5) is 0 Å². The Morgan fingerprint density at radius 1 is 1.06 bits per heavy atom. The Morgan fingerprint density at radius 3 is 2.33 bits per heavy atom. The van der Waals surface area contributed by atoms with E-state index in [1.807, 2.05) is 24.3 Å². The zero-order valence-electron chi connectivity index (χ0n) is 10.6. The molecule has 0 aliphatic heterocycles. The molecule has 92 valence electrons.